The molecule has 0 aromatic carbocycles. The Kier molecular flexibility index (Phi) is 5.60. The number of rotatable bonds is 7. The summed E-state index contributed by atoms with van der Waals surface area (Å²) < 4.78 is 4.93. The van der Waals surface area contributed by atoms with Crippen LogP contribution >= 0.6 is 11.3 Å². The van der Waals surface area contributed by atoms with Crippen molar-refractivity contribution in [3.05, 3.63) is 10.6 Å². The van der Waals surface area contributed by atoms with Gasteiger partial charge in [0.2, 0.25) is 0 Å². The SMILES string of the molecule is COCCNCCNc1nc(C)c(C)s1. The number of nitrogens with one attached hydrogen (secondary N) is 2. The first-order valence-corrected chi connectivity index (χ1v) is 5.93. The van der Waals surface area contributed by atoms with E-state index in [1.807, 2.05) is 6.92 Å². The van der Waals surface area contributed by atoms with Crippen molar-refractivity contribution >= 4 is 16.5 Å². The number of aryl methyl sites for hydroxylation is 2. The molecule has 4 nitrogen and oxygen atoms in total. The third-order valence-electron chi connectivity index (χ3n) is 2.09. The lowest BCUT2D eigenvalue weighted by Gasteiger charge is -2.04. The van der Waals surface area contributed by atoms with Crippen LogP contribution in [0.5, 0.6) is 0 Å². The Morgan fingerprint density at radius 2 is 2.07 bits per heavy atom. The lowest BCUT2D eigenvalue weighted by Crippen LogP contribution is -2.25. The average molecular weight is 229 g/mol. The smallest absolute Gasteiger partial charge is 0.183 e. The second kappa shape index (κ2) is 6.76. The lowest BCUT2D eigenvalue weighted by molar-refractivity contribution is 0.200. The number of nitrogens with zero attached hydrogens (tertiary/aromatic N) is 1. The number of aromatic nitrogens is 1. The molecule has 1 rings (SSSR count). The summed E-state index contributed by atoms with van der Waals surface area (Å²) in [6.45, 7) is 7.61. The normalized spacial score (nSPS) is 10.6. The van der Waals surface area contributed by atoms with Crippen LogP contribution in [0.1, 0.15) is 10.6 Å². The summed E-state index contributed by atoms with van der Waals surface area (Å²) in [6, 6.07) is 0. The molecule has 15 heavy (non-hydrogen) atoms. The molecule has 0 radical (unpaired) electrons. The van der Waals surface area contributed by atoms with Gasteiger partial charge in [-0.1, -0.05) is 0 Å². The molecule has 0 amide bonds. The van der Waals surface area contributed by atoms with Crippen LogP contribution < -0.4 is 10.6 Å². The molecule has 0 atom stereocenters. The van der Waals surface area contributed by atoms with Crippen LogP contribution in [0.3, 0.4) is 0 Å². The van der Waals surface area contributed by atoms with Gasteiger partial charge in [-0.2, -0.15) is 0 Å². The van der Waals surface area contributed by atoms with Crippen LogP contribution in [0.4, 0.5) is 5.13 Å². The third-order valence-corrected chi connectivity index (χ3v) is 3.12. The van der Waals surface area contributed by atoms with Crippen molar-refractivity contribution in [3.63, 3.8) is 0 Å². The van der Waals surface area contributed by atoms with Crippen molar-refractivity contribution in [1.29, 1.82) is 0 Å². The fourth-order valence-corrected chi connectivity index (χ4v) is 1.95. The van der Waals surface area contributed by atoms with Crippen LogP contribution in [0.15, 0.2) is 0 Å². The largest absolute Gasteiger partial charge is 0.383 e. The Bertz CT molecular complexity index is 269. The maximum absolute atomic E-state index is 4.93. The summed E-state index contributed by atoms with van der Waals surface area (Å²) in [4.78, 5) is 5.68. The Balaban J connectivity index is 2.10. The van der Waals surface area contributed by atoms with Gasteiger partial charge in [0, 0.05) is 31.6 Å². The second-order valence-electron chi connectivity index (χ2n) is 3.33. The highest BCUT2D eigenvalue weighted by atomic mass is 32.1. The minimum Gasteiger partial charge on any atom is -0.383 e. The molecule has 0 spiro atoms. The summed E-state index contributed by atoms with van der Waals surface area (Å²) in [7, 11) is 1.71. The molecule has 1 aromatic rings. The summed E-state index contributed by atoms with van der Waals surface area (Å²) in [6.07, 6.45) is 0. The maximum Gasteiger partial charge on any atom is 0.183 e. The molecule has 0 fully saturated rings. The number of methoxy groups -OCH3 is 1. The fraction of sp³-hybridized carbons (Fsp3) is 0.700. The van der Waals surface area contributed by atoms with Crippen molar-refractivity contribution in [1.82, 2.24) is 10.3 Å². The molecular formula is C10H19N3OS. The molecule has 0 saturated carbocycles. The predicted molar refractivity (Wildman–Crippen MR) is 64.8 cm³/mol. The van der Waals surface area contributed by atoms with E-state index in [1.54, 1.807) is 18.4 Å². The zero-order chi connectivity index (χ0) is 11.1. The minimum atomic E-state index is 0.759. The van der Waals surface area contributed by atoms with Gasteiger partial charge in [-0.05, 0) is 13.8 Å². The quantitative estimate of drug-likeness (QED) is 0.694. The zero-order valence-corrected chi connectivity index (χ0v) is 10.4. The van der Waals surface area contributed by atoms with Gasteiger partial charge in [0.15, 0.2) is 5.13 Å². The molecule has 2 N–H and O–H groups in total. The molecular weight excluding hydrogens is 210 g/mol. The zero-order valence-electron chi connectivity index (χ0n) is 9.59. The Morgan fingerprint density at radius 3 is 2.67 bits per heavy atom. The highest BCUT2D eigenvalue weighted by Gasteiger charge is 2.01. The molecule has 0 aliphatic rings. The number of thiazole rings is 1. The topological polar surface area (TPSA) is 46.2 Å². The lowest BCUT2D eigenvalue weighted by atomic mass is 10.4. The van der Waals surface area contributed by atoms with Crippen LogP contribution in [-0.4, -0.2) is 38.3 Å². The summed E-state index contributed by atoms with van der Waals surface area (Å²) in [5.74, 6) is 0. The van der Waals surface area contributed by atoms with Crippen molar-refractivity contribution < 1.29 is 4.74 Å². The van der Waals surface area contributed by atoms with Crippen LogP contribution in [0.2, 0.25) is 0 Å². The Morgan fingerprint density at radius 1 is 1.27 bits per heavy atom. The molecule has 0 unspecified atom stereocenters. The van der Waals surface area contributed by atoms with Gasteiger partial charge in [-0.3, -0.25) is 0 Å². The Labute approximate surface area is 95.1 Å². The monoisotopic (exact) mass is 229 g/mol. The molecule has 1 aromatic heterocycles. The third kappa shape index (κ3) is 4.59. The van der Waals surface area contributed by atoms with E-state index in [0.29, 0.717) is 0 Å². The Hall–Kier alpha value is -0.650. The summed E-state index contributed by atoms with van der Waals surface area (Å²) in [5, 5.41) is 7.57. The van der Waals surface area contributed by atoms with E-state index in [-0.39, 0.29) is 0 Å². The van der Waals surface area contributed by atoms with Gasteiger partial charge in [-0.25, -0.2) is 4.98 Å². The molecule has 0 bridgehead atoms. The van der Waals surface area contributed by atoms with Gasteiger partial charge in [0.25, 0.3) is 0 Å². The molecule has 0 saturated heterocycles. The summed E-state index contributed by atoms with van der Waals surface area (Å²) in [5.41, 5.74) is 1.12. The number of hydrogen-bond donors (Lipinski definition) is 2. The van der Waals surface area contributed by atoms with E-state index in [1.165, 1.54) is 4.88 Å². The second-order valence-corrected chi connectivity index (χ2v) is 4.53. The van der Waals surface area contributed by atoms with Crippen LogP contribution in [-0.2, 0) is 4.74 Å². The van der Waals surface area contributed by atoms with Gasteiger partial charge in [0.05, 0.1) is 12.3 Å². The van der Waals surface area contributed by atoms with Crippen molar-refractivity contribution in [3.8, 4) is 0 Å². The van der Waals surface area contributed by atoms with Crippen LogP contribution in [0, 0.1) is 13.8 Å². The first kappa shape index (κ1) is 12.4. The summed E-state index contributed by atoms with van der Waals surface area (Å²) >= 11 is 1.71. The average Bonchev–Trinajstić information content (AvgIpc) is 2.52. The van der Waals surface area contributed by atoms with E-state index in [9.17, 15) is 0 Å². The highest BCUT2D eigenvalue weighted by Crippen LogP contribution is 2.20. The molecule has 0 aliphatic heterocycles. The van der Waals surface area contributed by atoms with E-state index in [0.717, 1.165) is 37.1 Å². The van der Waals surface area contributed by atoms with Gasteiger partial charge < -0.3 is 15.4 Å². The molecule has 1 heterocycles. The highest BCUT2D eigenvalue weighted by molar-refractivity contribution is 7.15. The molecule has 86 valence electrons. The molecule has 0 aliphatic carbocycles. The number of hydrogen-bond acceptors (Lipinski definition) is 5. The predicted octanol–water partition coefficient (Wildman–Crippen LogP) is 1.41. The van der Waals surface area contributed by atoms with E-state index >= 15 is 0 Å². The van der Waals surface area contributed by atoms with Gasteiger partial charge in [-0.15, -0.1) is 11.3 Å². The van der Waals surface area contributed by atoms with E-state index in [2.05, 4.69) is 22.5 Å². The standard InChI is InChI=1S/C10H19N3OS/c1-8-9(2)15-10(13-8)12-5-4-11-6-7-14-3/h11H,4-7H2,1-3H3,(H,12,13). The first-order valence-electron chi connectivity index (χ1n) is 5.11. The van der Waals surface area contributed by atoms with Gasteiger partial charge >= 0.3 is 0 Å². The van der Waals surface area contributed by atoms with E-state index < -0.39 is 0 Å². The van der Waals surface area contributed by atoms with Crippen molar-refractivity contribution in [2.24, 2.45) is 0 Å². The van der Waals surface area contributed by atoms with E-state index in [4.69, 9.17) is 4.74 Å². The number of ether oxygens (including phenoxy) is 1. The molecule has 5 heteroatoms. The fourth-order valence-electron chi connectivity index (χ4n) is 1.11. The maximum atomic E-state index is 4.93. The minimum absolute atomic E-state index is 0.759. The van der Waals surface area contributed by atoms with Crippen molar-refractivity contribution in [2.75, 3.05) is 38.7 Å². The number of anilines is 1. The van der Waals surface area contributed by atoms with Crippen molar-refractivity contribution in [2.45, 2.75) is 13.8 Å². The van der Waals surface area contributed by atoms with Gasteiger partial charge in [0.1, 0.15) is 0 Å². The van der Waals surface area contributed by atoms with Crippen LogP contribution in [0.25, 0.3) is 0 Å². The first-order chi connectivity index (χ1) is 7.24.